The molecule has 1 saturated carbocycles. The lowest BCUT2D eigenvalue weighted by atomic mass is 10.2. The van der Waals surface area contributed by atoms with Gasteiger partial charge in [0.1, 0.15) is 17.8 Å². The summed E-state index contributed by atoms with van der Waals surface area (Å²) in [7, 11) is 2.00. The van der Waals surface area contributed by atoms with Gasteiger partial charge in [-0.1, -0.05) is 5.16 Å². The number of anilines is 1. The van der Waals surface area contributed by atoms with E-state index in [0.717, 1.165) is 16.9 Å². The van der Waals surface area contributed by atoms with Gasteiger partial charge in [-0.15, -0.1) is 0 Å². The monoisotopic (exact) mass is 339 g/mol. The van der Waals surface area contributed by atoms with E-state index >= 15 is 0 Å². The van der Waals surface area contributed by atoms with Gasteiger partial charge < -0.3 is 19.7 Å². The van der Waals surface area contributed by atoms with Crippen LogP contribution in [0.4, 0.5) is 5.69 Å². The Hall–Kier alpha value is -3.16. The van der Waals surface area contributed by atoms with Crippen LogP contribution < -0.4 is 10.6 Å². The van der Waals surface area contributed by atoms with Crippen LogP contribution in [0.1, 0.15) is 30.3 Å². The largest absolute Gasteiger partial charge is 0.364 e. The van der Waals surface area contributed by atoms with Crippen LogP contribution in [-0.4, -0.2) is 26.5 Å². The van der Waals surface area contributed by atoms with Crippen molar-refractivity contribution in [2.24, 2.45) is 7.05 Å². The lowest BCUT2D eigenvalue weighted by Crippen LogP contribution is -2.35. The predicted molar refractivity (Wildman–Crippen MR) is 89.7 cm³/mol. The number of nitrogens with zero attached hydrogens (tertiary/aromatic N) is 3. The average Bonchev–Trinajstić information content (AvgIpc) is 3.21. The number of amides is 2. The summed E-state index contributed by atoms with van der Waals surface area (Å²) in [6.45, 7) is 0.132. The Kier molecular flexibility index (Phi) is 3.72. The molecule has 25 heavy (non-hydrogen) atoms. The number of imidazole rings is 1. The zero-order chi connectivity index (χ0) is 17.4. The van der Waals surface area contributed by atoms with Crippen LogP contribution in [0.3, 0.4) is 0 Å². The first-order valence-electron chi connectivity index (χ1n) is 8.06. The molecule has 2 N–H and O–H groups in total. The second kappa shape index (κ2) is 6.04. The van der Waals surface area contributed by atoms with Crippen LogP contribution in [0.2, 0.25) is 0 Å². The molecule has 1 aliphatic carbocycles. The molecule has 1 fully saturated rings. The minimum Gasteiger partial charge on any atom is -0.364 e. The molecule has 2 aromatic heterocycles. The summed E-state index contributed by atoms with van der Waals surface area (Å²) < 4.78 is 6.75. The maximum Gasteiger partial charge on any atom is 0.313 e. The first kappa shape index (κ1) is 15.4. The molecule has 1 aliphatic rings. The topological polar surface area (TPSA) is 102 Å². The number of carbonyl (C=O) groups excluding carboxylic acids is 2. The number of rotatable bonds is 4. The van der Waals surface area contributed by atoms with Gasteiger partial charge in [0, 0.05) is 24.7 Å². The Balaban J connectivity index is 1.44. The van der Waals surface area contributed by atoms with Crippen molar-refractivity contribution < 1.29 is 14.1 Å². The lowest BCUT2D eigenvalue weighted by molar-refractivity contribution is -0.136. The zero-order valence-electron chi connectivity index (χ0n) is 13.7. The van der Waals surface area contributed by atoms with Gasteiger partial charge in [-0.25, -0.2) is 4.98 Å². The molecule has 2 amide bonds. The van der Waals surface area contributed by atoms with E-state index < -0.39 is 11.8 Å². The fraction of sp³-hybridized carbons (Fsp3) is 0.294. The molecule has 3 aromatic rings. The van der Waals surface area contributed by atoms with Crippen LogP contribution in [-0.2, 0) is 23.2 Å². The molecule has 0 bridgehead atoms. The summed E-state index contributed by atoms with van der Waals surface area (Å²) in [5.41, 5.74) is 2.90. The number of nitrogens with one attached hydrogen (secondary N) is 2. The van der Waals surface area contributed by atoms with E-state index in [1.807, 2.05) is 13.1 Å². The Morgan fingerprint density at radius 1 is 1.28 bits per heavy atom. The molecule has 0 radical (unpaired) electrons. The molecule has 2 heterocycles. The molecule has 8 heteroatoms. The summed E-state index contributed by atoms with van der Waals surface area (Å²) >= 11 is 0. The van der Waals surface area contributed by atoms with Crippen LogP contribution in [0, 0.1) is 0 Å². The van der Waals surface area contributed by atoms with Crippen molar-refractivity contribution >= 4 is 28.5 Å². The highest BCUT2D eigenvalue weighted by molar-refractivity contribution is 6.39. The SMILES string of the molecule is Cn1c(C2CC2)nc2cc(NC(=O)C(=O)NCc3ccon3)ccc21. The van der Waals surface area contributed by atoms with Crippen molar-refractivity contribution in [2.75, 3.05) is 5.32 Å². The van der Waals surface area contributed by atoms with Gasteiger partial charge in [0.15, 0.2) is 0 Å². The van der Waals surface area contributed by atoms with Crippen LogP contribution in [0.25, 0.3) is 11.0 Å². The molecule has 0 atom stereocenters. The summed E-state index contributed by atoms with van der Waals surface area (Å²) in [5.74, 6) is 0.144. The van der Waals surface area contributed by atoms with Crippen molar-refractivity contribution in [2.45, 2.75) is 25.3 Å². The third-order valence-corrected chi connectivity index (χ3v) is 4.24. The first-order chi connectivity index (χ1) is 12.1. The number of aromatic nitrogens is 3. The second-order valence-electron chi connectivity index (χ2n) is 6.13. The highest BCUT2D eigenvalue weighted by Gasteiger charge is 2.28. The Bertz CT molecular complexity index is 941. The highest BCUT2D eigenvalue weighted by Crippen LogP contribution is 2.40. The number of carbonyl (C=O) groups is 2. The first-order valence-corrected chi connectivity index (χ1v) is 8.06. The molecular formula is C17H17N5O3. The number of fused-ring (bicyclic) bond motifs is 1. The fourth-order valence-electron chi connectivity index (χ4n) is 2.77. The number of hydrogen-bond donors (Lipinski definition) is 2. The lowest BCUT2D eigenvalue weighted by Gasteiger charge is -2.05. The normalized spacial score (nSPS) is 13.8. The third-order valence-electron chi connectivity index (χ3n) is 4.24. The second-order valence-corrected chi connectivity index (χ2v) is 6.13. The minimum atomic E-state index is -0.735. The summed E-state index contributed by atoms with van der Waals surface area (Å²) in [6, 6.07) is 7.06. The van der Waals surface area contributed by atoms with Gasteiger partial charge in [0.05, 0.1) is 17.6 Å². The molecule has 0 saturated heterocycles. The van der Waals surface area contributed by atoms with Crippen LogP contribution in [0.5, 0.6) is 0 Å². The number of aryl methyl sites for hydroxylation is 1. The third kappa shape index (κ3) is 3.10. The van der Waals surface area contributed by atoms with E-state index in [9.17, 15) is 9.59 Å². The molecule has 8 nitrogen and oxygen atoms in total. The van der Waals surface area contributed by atoms with Crippen molar-refractivity contribution in [3.63, 3.8) is 0 Å². The predicted octanol–water partition coefficient (Wildman–Crippen LogP) is 1.69. The van der Waals surface area contributed by atoms with Gasteiger partial charge in [0.25, 0.3) is 0 Å². The summed E-state index contributed by atoms with van der Waals surface area (Å²) in [5, 5.41) is 8.74. The molecule has 128 valence electrons. The minimum absolute atomic E-state index is 0.132. The summed E-state index contributed by atoms with van der Waals surface area (Å²) in [6.07, 6.45) is 3.75. The van der Waals surface area contributed by atoms with Gasteiger partial charge in [-0.3, -0.25) is 9.59 Å². The van der Waals surface area contributed by atoms with E-state index in [4.69, 9.17) is 0 Å². The van der Waals surface area contributed by atoms with Crippen LogP contribution in [0.15, 0.2) is 35.1 Å². The van der Waals surface area contributed by atoms with E-state index in [1.165, 1.54) is 19.1 Å². The highest BCUT2D eigenvalue weighted by atomic mass is 16.5. The molecule has 1 aromatic carbocycles. The number of hydrogen-bond acceptors (Lipinski definition) is 5. The van der Waals surface area contributed by atoms with E-state index in [0.29, 0.717) is 17.3 Å². The van der Waals surface area contributed by atoms with Gasteiger partial charge >= 0.3 is 11.8 Å². The molecular weight excluding hydrogens is 322 g/mol. The maximum atomic E-state index is 12.0. The molecule has 4 rings (SSSR count). The fourth-order valence-corrected chi connectivity index (χ4v) is 2.77. The average molecular weight is 339 g/mol. The van der Waals surface area contributed by atoms with Crippen molar-refractivity contribution in [1.82, 2.24) is 20.0 Å². The van der Waals surface area contributed by atoms with Crippen molar-refractivity contribution in [3.05, 3.63) is 42.0 Å². The van der Waals surface area contributed by atoms with Gasteiger partial charge in [-0.05, 0) is 31.0 Å². The Morgan fingerprint density at radius 3 is 2.84 bits per heavy atom. The standard InChI is InChI=1S/C17H17N5O3/c1-22-14-5-4-11(8-13(14)20-15(22)10-2-3-10)19-17(24)16(23)18-9-12-6-7-25-21-12/h4-8,10H,2-3,9H2,1H3,(H,18,23)(H,19,24). The van der Waals surface area contributed by atoms with E-state index in [-0.39, 0.29) is 6.54 Å². The smallest absolute Gasteiger partial charge is 0.313 e. The summed E-state index contributed by atoms with van der Waals surface area (Å²) in [4.78, 5) is 28.5. The molecule has 0 aliphatic heterocycles. The van der Waals surface area contributed by atoms with Crippen molar-refractivity contribution in [1.29, 1.82) is 0 Å². The zero-order valence-corrected chi connectivity index (χ0v) is 13.7. The van der Waals surface area contributed by atoms with E-state index in [1.54, 1.807) is 18.2 Å². The van der Waals surface area contributed by atoms with Gasteiger partial charge in [-0.2, -0.15) is 0 Å². The van der Waals surface area contributed by atoms with E-state index in [2.05, 4.69) is 29.9 Å². The van der Waals surface area contributed by atoms with Crippen molar-refractivity contribution in [3.8, 4) is 0 Å². The molecule has 0 unspecified atom stereocenters. The van der Waals surface area contributed by atoms with Crippen LogP contribution >= 0.6 is 0 Å². The number of benzene rings is 1. The Labute approximate surface area is 143 Å². The molecule has 0 spiro atoms. The van der Waals surface area contributed by atoms with Gasteiger partial charge in [0.2, 0.25) is 0 Å². The maximum absolute atomic E-state index is 12.0. The quantitative estimate of drug-likeness (QED) is 0.704. The Morgan fingerprint density at radius 2 is 2.12 bits per heavy atom.